The van der Waals surface area contributed by atoms with Crippen LogP contribution in [0.25, 0.3) is 0 Å². The zero-order valence-electron chi connectivity index (χ0n) is 12.3. The van der Waals surface area contributed by atoms with E-state index in [1.54, 1.807) is 0 Å². The molecule has 0 aromatic heterocycles. The van der Waals surface area contributed by atoms with Gasteiger partial charge in [-0.2, -0.15) is 0 Å². The lowest BCUT2D eigenvalue weighted by atomic mass is 10.0. The van der Waals surface area contributed by atoms with Gasteiger partial charge < -0.3 is 0 Å². The first-order chi connectivity index (χ1) is 8.86. The number of hydrogen-bond acceptors (Lipinski definition) is 0. The first-order valence-electron chi connectivity index (χ1n) is 7.79. The number of rotatable bonds is 10. The van der Waals surface area contributed by atoms with Crippen LogP contribution in [0.4, 0.5) is 0 Å². The Hall–Kier alpha value is -0.780. The summed E-state index contributed by atoms with van der Waals surface area (Å²) in [6.07, 6.45) is 14.3. The van der Waals surface area contributed by atoms with E-state index in [0.717, 1.165) is 0 Å². The van der Waals surface area contributed by atoms with Gasteiger partial charge in [0, 0.05) is 0 Å². The molecule has 0 amide bonds. The molecule has 0 fully saturated rings. The molecule has 0 aliphatic rings. The van der Waals surface area contributed by atoms with E-state index in [1.165, 1.54) is 68.9 Å². The highest BCUT2D eigenvalue weighted by molar-refractivity contribution is 5.27. The maximum atomic E-state index is 2.37. The number of hydrogen-bond donors (Lipinski definition) is 0. The monoisotopic (exact) mass is 245 g/mol. The summed E-state index contributed by atoms with van der Waals surface area (Å²) in [4.78, 5) is 0. The van der Waals surface area contributed by atoms with Crippen molar-refractivity contribution in [1.29, 1.82) is 0 Å². The molecular formula is C18H29. The van der Waals surface area contributed by atoms with Crippen LogP contribution in [0, 0.1) is 6.42 Å². The van der Waals surface area contributed by atoms with E-state index in [4.69, 9.17) is 0 Å². The fraction of sp³-hybridized carbons (Fsp3) is 0.611. The number of aryl methyl sites for hydroxylation is 1. The minimum Gasteiger partial charge on any atom is -0.0654 e. The van der Waals surface area contributed by atoms with Crippen molar-refractivity contribution in [3.05, 3.63) is 41.8 Å². The van der Waals surface area contributed by atoms with E-state index in [9.17, 15) is 0 Å². The quantitative estimate of drug-likeness (QED) is 0.447. The Morgan fingerprint density at radius 2 is 1.44 bits per heavy atom. The lowest BCUT2D eigenvalue weighted by molar-refractivity contribution is 0.667. The second-order valence-electron chi connectivity index (χ2n) is 5.25. The average molecular weight is 245 g/mol. The summed E-state index contributed by atoms with van der Waals surface area (Å²) in [5.41, 5.74) is 2.89. The molecule has 0 spiro atoms. The number of benzene rings is 1. The van der Waals surface area contributed by atoms with Crippen LogP contribution in [-0.4, -0.2) is 0 Å². The van der Waals surface area contributed by atoms with Crippen LogP contribution >= 0.6 is 0 Å². The second-order valence-corrected chi connectivity index (χ2v) is 5.25. The predicted octanol–water partition coefficient (Wildman–Crippen LogP) is 5.94. The minimum atomic E-state index is 1.23. The molecule has 0 bridgehead atoms. The van der Waals surface area contributed by atoms with Crippen molar-refractivity contribution in [1.82, 2.24) is 0 Å². The smallest absolute Gasteiger partial charge is 0.00931 e. The Morgan fingerprint density at radius 3 is 2.11 bits per heavy atom. The zero-order chi connectivity index (χ0) is 13.1. The standard InChI is InChI=1S/C18H29/c1-3-5-7-9-11-17-13-15-18(16-14-17)12-10-8-6-4-2/h11,13-16H,3-10,12H2,1-2H3. The van der Waals surface area contributed by atoms with Crippen molar-refractivity contribution < 1.29 is 0 Å². The Kier molecular flexibility index (Phi) is 8.63. The summed E-state index contributed by atoms with van der Waals surface area (Å²) in [7, 11) is 0. The molecule has 0 aliphatic heterocycles. The van der Waals surface area contributed by atoms with Gasteiger partial charge in [-0.3, -0.25) is 0 Å². The van der Waals surface area contributed by atoms with Crippen molar-refractivity contribution in [2.24, 2.45) is 0 Å². The van der Waals surface area contributed by atoms with Crippen LogP contribution < -0.4 is 0 Å². The Bertz CT molecular complexity index is 252. The van der Waals surface area contributed by atoms with Crippen LogP contribution in [0.1, 0.15) is 76.3 Å². The van der Waals surface area contributed by atoms with Crippen molar-refractivity contribution in [2.75, 3.05) is 0 Å². The molecular weight excluding hydrogens is 216 g/mol. The average Bonchev–Trinajstić information content (AvgIpc) is 2.41. The fourth-order valence-electron chi connectivity index (χ4n) is 2.24. The Labute approximate surface area is 114 Å². The van der Waals surface area contributed by atoms with Gasteiger partial charge in [0.25, 0.3) is 0 Å². The molecule has 0 heteroatoms. The molecule has 0 atom stereocenters. The van der Waals surface area contributed by atoms with Crippen LogP contribution in [0.3, 0.4) is 0 Å². The normalized spacial score (nSPS) is 10.8. The first-order valence-corrected chi connectivity index (χ1v) is 7.79. The van der Waals surface area contributed by atoms with E-state index < -0.39 is 0 Å². The highest BCUT2D eigenvalue weighted by Crippen LogP contribution is 2.13. The second kappa shape index (κ2) is 10.2. The van der Waals surface area contributed by atoms with Gasteiger partial charge in [-0.05, 0) is 36.8 Å². The highest BCUT2D eigenvalue weighted by atomic mass is 14.0. The largest absolute Gasteiger partial charge is 0.0654 e. The Balaban J connectivity index is 2.20. The Morgan fingerprint density at radius 1 is 0.778 bits per heavy atom. The molecule has 0 saturated heterocycles. The molecule has 1 radical (unpaired) electrons. The maximum absolute atomic E-state index is 2.37. The minimum absolute atomic E-state index is 1.23. The van der Waals surface area contributed by atoms with Crippen LogP contribution in [0.15, 0.2) is 24.3 Å². The zero-order valence-corrected chi connectivity index (χ0v) is 12.3. The molecule has 18 heavy (non-hydrogen) atoms. The molecule has 0 unspecified atom stereocenters. The lowest BCUT2D eigenvalue weighted by Gasteiger charge is -2.04. The van der Waals surface area contributed by atoms with Gasteiger partial charge in [0.1, 0.15) is 0 Å². The van der Waals surface area contributed by atoms with Crippen molar-refractivity contribution in [2.45, 2.75) is 71.6 Å². The van der Waals surface area contributed by atoms with Gasteiger partial charge in [0.15, 0.2) is 0 Å². The molecule has 0 N–H and O–H groups in total. The van der Waals surface area contributed by atoms with Crippen molar-refractivity contribution in [3.8, 4) is 0 Å². The lowest BCUT2D eigenvalue weighted by Crippen LogP contribution is -1.88. The maximum Gasteiger partial charge on any atom is -0.00931 e. The summed E-state index contributed by atoms with van der Waals surface area (Å²) in [6, 6.07) is 9.16. The summed E-state index contributed by atoms with van der Waals surface area (Å²) < 4.78 is 0. The van der Waals surface area contributed by atoms with Crippen LogP contribution in [0.5, 0.6) is 0 Å². The first kappa shape index (κ1) is 15.3. The van der Waals surface area contributed by atoms with Crippen molar-refractivity contribution >= 4 is 0 Å². The van der Waals surface area contributed by atoms with E-state index in [-0.39, 0.29) is 0 Å². The van der Waals surface area contributed by atoms with Gasteiger partial charge in [0.2, 0.25) is 0 Å². The summed E-state index contributed by atoms with van der Waals surface area (Å²) in [5.74, 6) is 0. The van der Waals surface area contributed by atoms with Gasteiger partial charge >= 0.3 is 0 Å². The van der Waals surface area contributed by atoms with E-state index in [2.05, 4.69) is 44.5 Å². The molecule has 1 aromatic rings. The van der Waals surface area contributed by atoms with Gasteiger partial charge in [-0.15, -0.1) is 0 Å². The molecule has 1 rings (SSSR count). The third-order valence-corrected chi connectivity index (χ3v) is 3.49. The van der Waals surface area contributed by atoms with Crippen LogP contribution in [-0.2, 0) is 6.42 Å². The van der Waals surface area contributed by atoms with E-state index >= 15 is 0 Å². The summed E-state index contributed by atoms with van der Waals surface area (Å²) in [5, 5.41) is 0. The third-order valence-electron chi connectivity index (χ3n) is 3.49. The van der Waals surface area contributed by atoms with Gasteiger partial charge in [-0.25, -0.2) is 0 Å². The SMILES string of the molecule is CCCCC[CH]c1ccc(CCCCCC)cc1. The van der Waals surface area contributed by atoms with Gasteiger partial charge in [0.05, 0.1) is 0 Å². The molecule has 101 valence electrons. The molecule has 0 heterocycles. The highest BCUT2D eigenvalue weighted by Gasteiger charge is 1.96. The molecule has 1 aromatic carbocycles. The fourth-order valence-corrected chi connectivity index (χ4v) is 2.24. The van der Waals surface area contributed by atoms with Gasteiger partial charge in [-0.1, -0.05) is 76.6 Å². The summed E-state index contributed by atoms with van der Waals surface area (Å²) in [6.45, 7) is 4.52. The predicted molar refractivity (Wildman–Crippen MR) is 81.8 cm³/mol. The van der Waals surface area contributed by atoms with Crippen LogP contribution in [0.2, 0.25) is 0 Å². The van der Waals surface area contributed by atoms with E-state index in [0.29, 0.717) is 0 Å². The molecule has 0 nitrogen and oxygen atoms in total. The number of unbranched alkanes of at least 4 members (excludes halogenated alkanes) is 6. The third kappa shape index (κ3) is 6.83. The van der Waals surface area contributed by atoms with E-state index in [1.807, 2.05) is 0 Å². The summed E-state index contributed by atoms with van der Waals surface area (Å²) >= 11 is 0. The topological polar surface area (TPSA) is 0 Å². The van der Waals surface area contributed by atoms with Crippen molar-refractivity contribution in [3.63, 3.8) is 0 Å². The molecule has 0 saturated carbocycles. The molecule has 0 aliphatic carbocycles.